The predicted molar refractivity (Wildman–Crippen MR) is 59.2 cm³/mol. The van der Waals surface area contributed by atoms with E-state index >= 15 is 0 Å². The monoisotopic (exact) mass is 244 g/mol. The quantitative estimate of drug-likeness (QED) is 0.369. The van der Waals surface area contributed by atoms with Crippen LogP contribution in [0.15, 0.2) is 17.3 Å². The number of nitrogens with zero attached hydrogens (tertiary/aromatic N) is 1. The van der Waals surface area contributed by atoms with E-state index in [0.717, 1.165) is 12.1 Å². The maximum Gasteiger partial charge on any atom is 0.190 e. The highest BCUT2D eigenvalue weighted by Gasteiger charge is 2.14. The van der Waals surface area contributed by atoms with Gasteiger partial charge in [0.15, 0.2) is 23.2 Å². The average Bonchev–Trinajstić information content (AvgIpc) is 2.26. The van der Waals surface area contributed by atoms with Crippen LogP contribution in [0.1, 0.15) is 19.4 Å². The van der Waals surface area contributed by atoms with Crippen molar-refractivity contribution in [3.05, 3.63) is 29.3 Å². The summed E-state index contributed by atoms with van der Waals surface area (Å²) in [5.41, 5.74) is 5.19. The van der Waals surface area contributed by atoms with Crippen LogP contribution in [0.25, 0.3) is 0 Å². The Balaban J connectivity index is 3.02. The molecular formula is C11H14F2N2O2. The van der Waals surface area contributed by atoms with Crippen molar-refractivity contribution in [2.24, 2.45) is 16.8 Å². The zero-order chi connectivity index (χ0) is 13.0. The SMILES string of the molecule is CC(C)COc1c(F)cc(C(N)=NO)cc1F. The van der Waals surface area contributed by atoms with Crippen LogP contribution in [-0.2, 0) is 0 Å². The third-order valence-corrected chi connectivity index (χ3v) is 1.96. The molecule has 0 fully saturated rings. The summed E-state index contributed by atoms with van der Waals surface area (Å²) in [6.07, 6.45) is 0. The molecule has 94 valence electrons. The molecule has 1 rings (SSSR count). The number of hydrogen-bond acceptors (Lipinski definition) is 3. The fourth-order valence-electron chi connectivity index (χ4n) is 1.15. The second kappa shape index (κ2) is 5.47. The molecule has 0 aliphatic rings. The Labute approximate surface area is 97.7 Å². The average molecular weight is 244 g/mol. The maximum atomic E-state index is 13.5. The molecule has 0 spiro atoms. The van der Waals surface area contributed by atoms with Gasteiger partial charge in [-0.1, -0.05) is 19.0 Å². The molecule has 0 heterocycles. The lowest BCUT2D eigenvalue weighted by atomic mass is 10.2. The zero-order valence-corrected chi connectivity index (χ0v) is 9.58. The van der Waals surface area contributed by atoms with Crippen LogP contribution in [-0.4, -0.2) is 17.6 Å². The van der Waals surface area contributed by atoms with Crippen molar-refractivity contribution in [3.8, 4) is 5.75 Å². The first-order chi connectivity index (χ1) is 7.95. The van der Waals surface area contributed by atoms with Crippen LogP contribution in [0.3, 0.4) is 0 Å². The van der Waals surface area contributed by atoms with Crippen LogP contribution >= 0.6 is 0 Å². The number of ether oxygens (including phenoxy) is 1. The minimum Gasteiger partial charge on any atom is -0.487 e. The highest BCUT2D eigenvalue weighted by molar-refractivity contribution is 5.97. The van der Waals surface area contributed by atoms with Gasteiger partial charge in [-0.3, -0.25) is 0 Å². The third-order valence-electron chi connectivity index (χ3n) is 1.96. The number of halogens is 2. The van der Waals surface area contributed by atoms with Gasteiger partial charge in [-0.05, 0) is 18.1 Å². The van der Waals surface area contributed by atoms with E-state index in [1.807, 2.05) is 13.8 Å². The maximum absolute atomic E-state index is 13.5. The normalized spacial score (nSPS) is 11.9. The van der Waals surface area contributed by atoms with Crippen molar-refractivity contribution in [1.29, 1.82) is 0 Å². The Morgan fingerprint density at radius 2 is 1.94 bits per heavy atom. The van der Waals surface area contributed by atoms with Gasteiger partial charge in [0.2, 0.25) is 0 Å². The Kier molecular flexibility index (Phi) is 4.25. The van der Waals surface area contributed by atoms with Gasteiger partial charge in [0, 0.05) is 5.56 Å². The van der Waals surface area contributed by atoms with E-state index in [2.05, 4.69) is 5.16 Å². The number of hydrogen-bond donors (Lipinski definition) is 2. The molecule has 1 aromatic rings. The molecule has 0 aliphatic heterocycles. The van der Waals surface area contributed by atoms with E-state index in [4.69, 9.17) is 15.7 Å². The summed E-state index contributed by atoms with van der Waals surface area (Å²) in [6, 6.07) is 1.90. The molecule has 0 saturated heterocycles. The van der Waals surface area contributed by atoms with E-state index in [-0.39, 0.29) is 23.9 Å². The topological polar surface area (TPSA) is 67.8 Å². The highest BCUT2D eigenvalue weighted by atomic mass is 19.1. The first-order valence-electron chi connectivity index (χ1n) is 5.05. The molecule has 0 amide bonds. The van der Waals surface area contributed by atoms with Gasteiger partial charge >= 0.3 is 0 Å². The van der Waals surface area contributed by atoms with E-state index < -0.39 is 17.4 Å². The van der Waals surface area contributed by atoms with Gasteiger partial charge in [0.05, 0.1) is 6.61 Å². The summed E-state index contributed by atoms with van der Waals surface area (Å²) in [4.78, 5) is 0. The fraction of sp³-hybridized carbons (Fsp3) is 0.364. The van der Waals surface area contributed by atoms with Gasteiger partial charge < -0.3 is 15.7 Å². The van der Waals surface area contributed by atoms with Crippen molar-refractivity contribution in [2.75, 3.05) is 6.61 Å². The lowest BCUT2D eigenvalue weighted by Gasteiger charge is -2.11. The van der Waals surface area contributed by atoms with Crippen LogP contribution in [0.5, 0.6) is 5.75 Å². The minimum absolute atomic E-state index is 0.0422. The highest BCUT2D eigenvalue weighted by Crippen LogP contribution is 2.23. The lowest BCUT2D eigenvalue weighted by molar-refractivity contribution is 0.247. The van der Waals surface area contributed by atoms with Gasteiger partial charge in [0.25, 0.3) is 0 Å². The van der Waals surface area contributed by atoms with Crippen LogP contribution in [0.2, 0.25) is 0 Å². The molecule has 0 saturated carbocycles. The zero-order valence-electron chi connectivity index (χ0n) is 9.58. The lowest BCUT2D eigenvalue weighted by Crippen LogP contribution is -2.15. The molecule has 0 aromatic heterocycles. The smallest absolute Gasteiger partial charge is 0.190 e. The number of oxime groups is 1. The van der Waals surface area contributed by atoms with Gasteiger partial charge in [-0.15, -0.1) is 0 Å². The Morgan fingerprint density at radius 3 is 2.35 bits per heavy atom. The molecule has 0 atom stereocenters. The molecule has 0 bridgehead atoms. The van der Waals surface area contributed by atoms with Crippen LogP contribution in [0.4, 0.5) is 8.78 Å². The molecule has 6 heteroatoms. The molecule has 17 heavy (non-hydrogen) atoms. The second-order valence-electron chi connectivity index (χ2n) is 3.96. The number of benzene rings is 1. The van der Waals surface area contributed by atoms with Crippen LogP contribution < -0.4 is 10.5 Å². The third kappa shape index (κ3) is 3.30. The summed E-state index contributed by atoms with van der Waals surface area (Å²) >= 11 is 0. The fourth-order valence-corrected chi connectivity index (χ4v) is 1.15. The van der Waals surface area contributed by atoms with Gasteiger partial charge in [0.1, 0.15) is 0 Å². The van der Waals surface area contributed by atoms with Crippen LogP contribution in [0, 0.1) is 17.6 Å². The van der Waals surface area contributed by atoms with Crippen molar-refractivity contribution in [3.63, 3.8) is 0 Å². The van der Waals surface area contributed by atoms with Gasteiger partial charge in [-0.25, -0.2) is 8.78 Å². The van der Waals surface area contributed by atoms with E-state index in [1.54, 1.807) is 0 Å². The first-order valence-corrected chi connectivity index (χ1v) is 5.05. The molecule has 3 N–H and O–H groups in total. The standard InChI is InChI=1S/C11H14F2N2O2/c1-6(2)5-17-10-8(12)3-7(4-9(10)13)11(14)15-16/h3-4,6,16H,5H2,1-2H3,(H2,14,15). The summed E-state index contributed by atoms with van der Waals surface area (Å²) in [7, 11) is 0. The van der Waals surface area contributed by atoms with Crippen molar-refractivity contribution in [2.45, 2.75) is 13.8 Å². The van der Waals surface area contributed by atoms with E-state index in [9.17, 15) is 8.78 Å². The first kappa shape index (κ1) is 13.2. The summed E-state index contributed by atoms with van der Waals surface area (Å²) in [5.74, 6) is -2.43. The molecule has 4 nitrogen and oxygen atoms in total. The second-order valence-corrected chi connectivity index (χ2v) is 3.96. The van der Waals surface area contributed by atoms with Gasteiger partial charge in [-0.2, -0.15) is 0 Å². The Hall–Kier alpha value is -1.85. The molecule has 0 radical (unpaired) electrons. The number of nitrogens with two attached hydrogens (primary N) is 1. The molecule has 1 aromatic carbocycles. The largest absolute Gasteiger partial charge is 0.487 e. The minimum atomic E-state index is -0.882. The molecule has 0 unspecified atom stereocenters. The number of rotatable bonds is 4. The van der Waals surface area contributed by atoms with E-state index in [0.29, 0.717) is 0 Å². The van der Waals surface area contributed by atoms with Crippen molar-refractivity contribution < 1.29 is 18.7 Å². The summed E-state index contributed by atoms with van der Waals surface area (Å²) in [6.45, 7) is 3.93. The predicted octanol–water partition coefficient (Wildman–Crippen LogP) is 2.09. The molecular weight excluding hydrogens is 230 g/mol. The molecule has 0 aliphatic carbocycles. The Bertz CT molecular complexity index is 410. The van der Waals surface area contributed by atoms with Crippen molar-refractivity contribution >= 4 is 5.84 Å². The Morgan fingerprint density at radius 1 is 1.41 bits per heavy atom. The van der Waals surface area contributed by atoms with E-state index in [1.165, 1.54) is 0 Å². The number of amidine groups is 1. The van der Waals surface area contributed by atoms with Crippen molar-refractivity contribution in [1.82, 2.24) is 0 Å². The summed E-state index contributed by atoms with van der Waals surface area (Å²) < 4.78 is 32.0. The summed E-state index contributed by atoms with van der Waals surface area (Å²) in [5, 5.41) is 11.1.